The topological polar surface area (TPSA) is 63.6 Å². The molecule has 0 saturated carbocycles. The Labute approximate surface area is 133 Å². The molecule has 2 rings (SSSR count). The Morgan fingerprint density at radius 1 is 1.19 bits per heavy atom. The summed E-state index contributed by atoms with van der Waals surface area (Å²) >= 11 is 3.35. The first-order valence-corrected chi connectivity index (χ1v) is 8.27. The van der Waals surface area contributed by atoms with Crippen molar-refractivity contribution in [3.63, 3.8) is 0 Å². The maximum atomic E-state index is 12.1. The van der Waals surface area contributed by atoms with Crippen molar-refractivity contribution >= 4 is 32.7 Å². The Morgan fingerprint density at radius 3 is 2.52 bits per heavy atom. The van der Waals surface area contributed by atoms with Crippen LogP contribution in [0, 0.1) is 0 Å². The fraction of sp³-hybridized carbons (Fsp3) is 0.133. The summed E-state index contributed by atoms with van der Waals surface area (Å²) in [6, 6.07) is 13.5. The normalized spacial score (nSPS) is 11.9. The Morgan fingerprint density at radius 2 is 1.90 bits per heavy atom. The molecule has 6 heteroatoms. The smallest absolute Gasteiger partial charge is 0.335 e. The van der Waals surface area contributed by atoms with Crippen LogP contribution in [0.15, 0.2) is 57.9 Å². The van der Waals surface area contributed by atoms with E-state index in [4.69, 9.17) is 9.84 Å². The molecule has 0 bridgehead atoms. The third-order valence-electron chi connectivity index (χ3n) is 2.70. The van der Waals surface area contributed by atoms with Gasteiger partial charge in [-0.05, 0) is 42.5 Å². The summed E-state index contributed by atoms with van der Waals surface area (Å²) in [6.45, 7) is 0.323. The van der Waals surface area contributed by atoms with E-state index in [2.05, 4.69) is 15.9 Å². The van der Waals surface area contributed by atoms with Crippen molar-refractivity contribution in [2.75, 3.05) is 12.4 Å². The molecule has 0 saturated heterocycles. The number of hydrogen-bond acceptors (Lipinski definition) is 3. The minimum atomic E-state index is -1.21. The first-order valence-electron chi connectivity index (χ1n) is 6.16. The second-order valence-corrected chi connectivity index (χ2v) is 6.67. The quantitative estimate of drug-likeness (QED) is 0.849. The molecule has 2 aromatic carbocycles. The molecule has 0 aliphatic carbocycles. The summed E-state index contributed by atoms with van der Waals surface area (Å²) in [4.78, 5) is 11.3. The number of carboxylic acids is 1. The van der Waals surface area contributed by atoms with Crippen LogP contribution >= 0.6 is 15.9 Å². The van der Waals surface area contributed by atoms with Gasteiger partial charge in [-0.15, -0.1) is 0 Å². The van der Waals surface area contributed by atoms with Crippen LogP contribution in [0.3, 0.4) is 0 Å². The van der Waals surface area contributed by atoms with Crippen LogP contribution in [0.25, 0.3) is 0 Å². The van der Waals surface area contributed by atoms with Crippen LogP contribution in [-0.4, -0.2) is 27.6 Å². The second-order valence-electron chi connectivity index (χ2n) is 4.19. The van der Waals surface area contributed by atoms with Gasteiger partial charge < -0.3 is 9.84 Å². The molecule has 21 heavy (non-hydrogen) atoms. The minimum absolute atomic E-state index is 0.182. The molecule has 0 aromatic heterocycles. The number of carboxylic acid groups (broad SMARTS) is 1. The van der Waals surface area contributed by atoms with E-state index >= 15 is 0 Å². The first-order chi connectivity index (χ1) is 10.1. The molecule has 0 aliphatic rings. The fourth-order valence-electron chi connectivity index (χ4n) is 1.66. The number of benzene rings is 2. The average molecular weight is 369 g/mol. The van der Waals surface area contributed by atoms with E-state index in [0.717, 1.165) is 4.47 Å². The number of ether oxygens (including phenoxy) is 1. The maximum absolute atomic E-state index is 12.1. The number of carbonyl (C=O) groups is 1. The molecule has 110 valence electrons. The lowest BCUT2D eigenvalue weighted by molar-refractivity contribution is 0.0697. The summed E-state index contributed by atoms with van der Waals surface area (Å²) in [5, 5.41) is 8.80. The van der Waals surface area contributed by atoms with E-state index < -0.39 is 16.8 Å². The number of rotatable bonds is 6. The fourth-order valence-corrected chi connectivity index (χ4v) is 2.95. The van der Waals surface area contributed by atoms with Crippen molar-refractivity contribution in [1.82, 2.24) is 0 Å². The summed E-state index contributed by atoms with van der Waals surface area (Å²) in [6.07, 6.45) is 0. The predicted molar refractivity (Wildman–Crippen MR) is 84.3 cm³/mol. The lowest BCUT2D eigenvalue weighted by Gasteiger charge is -2.07. The van der Waals surface area contributed by atoms with E-state index in [1.165, 1.54) is 12.1 Å². The summed E-state index contributed by atoms with van der Waals surface area (Å²) in [5.41, 5.74) is 0.182. The Hall–Kier alpha value is -1.66. The third kappa shape index (κ3) is 4.68. The van der Waals surface area contributed by atoms with Crippen molar-refractivity contribution in [1.29, 1.82) is 0 Å². The van der Waals surface area contributed by atoms with Crippen LogP contribution in [0.4, 0.5) is 0 Å². The maximum Gasteiger partial charge on any atom is 0.335 e. The molecule has 2 aromatic rings. The van der Waals surface area contributed by atoms with Gasteiger partial charge in [0.1, 0.15) is 12.4 Å². The monoisotopic (exact) mass is 368 g/mol. The molecule has 4 nitrogen and oxygen atoms in total. The van der Waals surface area contributed by atoms with Crippen molar-refractivity contribution in [3.05, 3.63) is 58.6 Å². The lowest BCUT2D eigenvalue weighted by atomic mass is 10.2. The molecule has 1 N–H and O–H groups in total. The minimum Gasteiger partial charge on any atom is -0.493 e. The standard InChI is InChI=1S/C15H13BrO4S/c16-12-2-1-3-13(10-12)20-8-9-21(19)14-6-4-11(5-7-14)15(17)18/h1-7,10H,8-9H2,(H,17,18). The summed E-state index contributed by atoms with van der Waals surface area (Å²) < 4.78 is 18.5. The number of hydrogen-bond donors (Lipinski definition) is 1. The van der Waals surface area contributed by atoms with Gasteiger partial charge in [-0.1, -0.05) is 22.0 Å². The zero-order chi connectivity index (χ0) is 15.2. The van der Waals surface area contributed by atoms with Gasteiger partial charge in [-0.3, -0.25) is 4.21 Å². The van der Waals surface area contributed by atoms with Crippen LogP contribution in [0.1, 0.15) is 10.4 Å². The van der Waals surface area contributed by atoms with Gasteiger partial charge in [-0.2, -0.15) is 0 Å². The molecule has 0 spiro atoms. The lowest BCUT2D eigenvalue weighted by Crippen LogP contribution is -2.09. The Kier molecular flexibility index (Phi) is 5.52. The van der Waals surface area contributed by atoms with Gasteiger partial charge in [0.25, 0.3) is 0 Å². The highest BCUT2D eigenvalue weighted by Gasteiger charge is 2.07. The van der Waals surface area contributed by atoms with Gasteiger partial charge in [0, 0.05) is 9.37 Å². The number of aromatic carboxylic acids is 1. The Bertz CT molecular complexity index is 655. The van der Waals surface area contributed by atoms with E-state index in [1.807, 2.05) is 24.3 Å². The number of halogens is 1. The second kappa shape index (κ2) is 7.38. The molecule has 1 atom stereocenters. The Balaban J connectivity index is 1.88. The SMILES string of the molecule is O=C(O)c1ccc(S(=O)CCOc2cccc(Br)c2)cc1. The zero-order valence-electron chi connectivity index (χ0n) is 11.0. The predicted octanol–water partition coefficient (Wildman–Crippen LogP) is 3.33. The van der Waals surface area contributed by atoms with E-state index in [-0.39, 0.29) is 5.56 Å². The summed E-state index contributed by atoms with van der Waals surface area (Å²) in [5.74, 6) is 0.0618. The van der Waals surface area contributed by atoms with Crippen molar-refractivity contribution in [2.45, 2.75) is 4.90 Å². The highest BCUT2D eigenvalue weighted by Crippen LogP contribution is 2.18. The van der Waals surface area contributed by atoms with Crippen LogP contribution in [0.5, 0.6) is 5.75 Å². The highest BCUT2D eigenvalue weighted by molar-refractivity contribution is 9.10. The van der Waals surface area contributed by atoms with Crippen molar-refractivity contribution < 1.29 is 18.8 Å². The van der Waals surface area contributed by atoms with Crippen LogP contribution in [-0.2, 0) is 10.8 Å². The molecule has 0 amide bonds. The van der Waals surface area contributed by atoms with Gasteiger partial charge in [0.15, 0.2) is 0 Å². The van der Waals surface area contributed by atoms with Crippen molar-refractivity contribution in [2.24, 2.45) is 0 Å². The van der Waals surface area contributed by atoms with E-state index in [1.54, 1.807) is 12.1 Å². The van der Waals surface area contributed by atoms with Gasteiger partial charge >= 0.3 is 5.97 Å². The highest BCUT2D eigenvalue weighted by atomic mass is 79.9. The summed E-state index contributed by atoms with van der Waals surface area (Å²) in [7, 11) is -1.21. The first kappa shape index (κ1) is 15.7. The average Bonchev–Trinajstić information content (AvgIpc) is 2.47. The van der Waals surface area contributed by atoms with E-state index in [0.29, 0.717) is 23.0 Å². The third-order valence-corrected chi connectivity index (χ3v) is 4.53. The van der Waals surface area contributed by atoms with Crippen molar-refractivity contribution in [3.8, 4) is 5.75 Å². The van der Waals surface area contributed by atoms with Gasteiger partial charge in [0.2, 0.25) is 0 Å². The molecule has 1 unspecified atom stereocenters. The van der Waals surface area contributed by atoms with Gasteiger partial charge in [-0.25, -0.2) is 4.79 Å². The molecular weight excluding hydrogens is 356 g/mol. The molecule has 0 aliphatic heterocycles. The zero-order valence-corrected chi connectivity index (χ0v) is 13.4. The molecule has 0 radical (unpaired) electrons. The van der Waals surface area contributed by atoms with Crippen LogP contribution in [0.2, 0.25) is 0 Å². The molecule has 0 fully saturated rings. The molecular formula is C15H13BrO4S. The van der Waals surface area contributed by atoms with Crippen LogP contribution < -0.4 is 4.74 Å². The van der Waals surface area contributed by atoms with E-state index in [9.17, 15) is 9.00 Å². The molecule has 0 heterocycles. The van der Waals surface area contributed by atoms with Gasteiger partial charge in [0.05, 0.1) is 22.1 Å². The largest absolute Gasteiger partial charge is 0.493 e.